The van der Waals surface area contributed by atoms with Gasteiger partial charge in [0.1, 0.15) is 5.01 Å². The average Bonchev–Trinajstić information content (AvgIpc) is 2.69. The van der Waals surface area contributed by atoms with Gasteiger partial charge in [-0.25, -0.2) is 4.98 Å². The monoisotopic (exact) mass is 300 g/mol. The van der Waals surface area contributed by atoms with Gasteiger partial charge in [0.25, 0.3) is 0 Å². The van der Waals surface area contributed by atoms with E-state index in [1.165, 1.54) is 4.90 Å². The number of anilines is 1. The summed E-state index contributed by atoms with van der Waals surface area (Å²) in [5.74, 6) is 0.903. The fourth-order valence-corrected chi connectivity index (χ4v) is 3.40. The molecule has 1 heterocycles. The Morgan fingerprint density at radius 1 is 1.47 bits per heavy atom. The number of nitrogens with two attached hydrogens (primary N) is 1. The smallest absolute Gasteiger partial charge is 0.103 e. The summed E-state index contributed by atoms with van der Waals surface area (Å²) in [7, 11) is 0. The van der Waals surface area contributed by atoms with Gasteiger partial charge >= 0.3 is 0 Å². The van der Waals surface area contributed by atoms with E-state index in [1.54, 1.807) is 23.1 Å². The molecule has 2 nitrogen and oxygen atoms in total. The standard InChI is InChI=1S/C10H9BrN2S2/c11-8-5-7(12)1-2-9(8)15-6-10-13-3-4-14-10/h1-5H,6,12H2. The van der Waals surface area contributed by atoms with Crippen LogP contribution in [0.3, 0.4) is 0 Å². The van der Waals surface area contributed by atoms with Crippen molar-refractivity contribution < 1.29 is 0 Å². The van der Waals surface area contributed by atoms with Crippen molar-refractivity contribution in [3.05, 3.63) is 39.3 Å². The van der Waals surface area contributed by atoms with Crippen LogP contribution in [0.2, 0.25) is 0 Å². The minimum atomic E-state index is 0.778. The van der Waals surface area contributed by atoms with E-state index >= 15 is 0 Å². The van der Waals surface area contributed by atoms with Crippen LogP contribution in [0, 0.1) is 0 Å². The zero-order chi connectivity index (χ0) is 10.7. The van der Waals surface area contributed by atoms with E-state index in [9.17, 15) is 0 Å². The quantitative estimate of drug-likeness (QED) is 0.692. The zero-order valence-corrected chi connectivity index (χ0v) is 11.0. The summed E-state index contributed by atoms with van der Waals surface area (Å²) in [4.78, 5) is 5.43. The van der Waals surface area contributed by atoms with E-state index in [2.05, 4.69) is 20.9 Å². The van der Waals surface area contributed by atoms with Gasteiger partial charge in [0, 0.05) is 26.6 Å². The third kappa shape index (κ3) is 2.96. The Morgan fingerprint density at radius 3 is 3.00 bits per heavy atom. The molecule has 0 amide bonds. The second-order valence-electron chi connectivity index (χ2n) is 2.90. The SMILES string of the molecule is Nc1ccc(SCc2nccs2)c(Br)c1. The number of halogens is 1. The van der Waals surface area contributed by atoms with Crippen molar-refractivity contribution in [2.75, 3.05) is 5.73 Å². The van der Waals surface area contributed by atoms with E-state index in [-0.39, 0.29) is 0 Å². The van der Waals surface area contributed by atoms with Gasteiger partial charge in [0.15, 0.2) is 0 Å². The molecule has 0 radical (unpaired) electrons. The Morgan fingerprint density at radius 2 is 2.33 bits per heavy atom. The number of hydrogen-bond donors (Lipinski definition) is 1. The Hall–Kier alpha value is -0.520. The predicted molar refractivity (Wildman–Crippen MR) is 70.2 cm³/mol. The second-order valence-corrected chi connectivity index (χ2v) is 5.76. The molecule has 0 aliphatic rings. The molecule has 0 fully saturated rings. The molecule has 2 aromatic rings. The summed E-state index contributed by atoms with van der Waals surface area (Å²) in [5, 5.41) is 3.14. The van der Waals surface area contributed by atoms with Crippen LogP contribution in [0.15, 0.2) is 39.1 Å². The number of rotatable bonds is 3. The van der Waals surface area contributed by atoms with Gasteiger partial charge in [-0.2, -0.15) is 0 Å². The number of thiazole rings is 1. The van der Waals surface area contributed by atoms with Crippen molar-refractivity contribution in [1.82, 2.24) is 4.98 Å². The van der Waals surface area contributed by atoms with Crippen molar-refractivity contribution in [2.45, 2.75) is 10.6 Å². The first-order valence-corrected chi connectivity index (χ1v) is 6.98. The topological polar surface area (TPSA) is 38.9 Å². The Bertz CT molecular complexity index is 443. The molecule has 2 N–H and O–H groups in total. The van der Waals surface area contributed by atoms with Crippen molar-refractivity contribution in [2.24, 2.45) is 0 Å². The van der Waals surface area contributed by atoms with Crippen LogP contribution in [-0.4, -0.2) is 4.98 Å². The highest BCUT2D eigenvalue weighted by Crippen LogP contribution is 2.31. The number of hydrogen-bond acceptors (Lipinski definition) is 4. The summed E-state index contributed by atoms with van der Waals surface area (Å²) in [6, 6.07) is 5.86. The molecular formula is C10H9BrN2S2. The molecule has 78 valence electrons. The van der Waals surface area contributed by atoms with Crippen LogP contribution in [-0.2, 0) is 5.75 Å². The fourth-order valence-electron chi connectivity index (χ4n) is 1.10. The molecule has 0 aliphatic heterocycles. The van der Waals surface area contributed by atoms with Gasteiger partial charge < -0.3 is 5.73 Å². The van der Waals surface area contributed by atoms with Crippen molar-refractivity contribution in [3.63, 3.8) is 0 Å². The van der Waals surface area contributed by atoms with Crippen LogP contribution < -0.4 is 5.73 Å². The van der Waals surface area contributed by atoms with Gasteiger partial charge in [0.05, 0.1) is 5.75 Å². The maximum atomic E-state index is 5.67. The average molecular weight is 301 g/mol. The molecule has 2 rings (SSSR count). The van der Waals surface area contributed by atoms with Crippen molar-refractivity contribution in [1.29, 1.82) is 0 Å². The summed E-state index contributed by atoms with van der Waals surface area (Å²) in [6.07, 6.45) is 1.83. The van der Waals surface area contributed by atoms with Crippen molar-refractivity contribution in [3.8, 4) is 0 Å². The summed E-state index contributed by atoms with van der Waals surface area (Å²) in [5.41, 5.74) is 6.45. The number of benzene rings is 1. The van der Waals surface area contributed by atoms with Crippen LogP contribution >= 0.6 is 39.0 Å². The van der Waals surface area contributed by atoms with Gasteiger partial charge in [-0.1, -0.05) is 0 Å². The first-order chi connectivity index (χ1) is 7.25. The summed E-state index contributed by atoms with van der Waals surface area (Å²) >= 11 is 6.93. The normalized spacial score (nSPS) is 10.5. The molecule has 0 saturated carbocycles. The van der Waals surface area contributed by atoms with Gasteiger partial charge in [0.2, 0.25) is 0 Å². The summed E-state index contributed by atoms with van der Waals surface area (Å²) < 4.78 is 1.05. The molecule has 0 unspecified atom stereocenters. The van der Waals surface area contributed by atoms with Gasteiger partial charge in [-0.05, 0) is 34.1 Å². The minimum absolute atomic E-state index is 0.778. The molecule has 0 bridgehead atoms. The lowest BCUT2D eigenvalue weighted by atomic mass is 10.3. The van der Waals surface area contributed by atoms with E-state index in [1.807, 2.05) is 29.8 Å². The molecule has 1 aromatic heterocycles. The lowest BCUT2D eigenvalue weighted by molar-refractivity contribution is 1.26. The first kappa shape index (κ1) is 11.0. The number of aromatic nitrogens is 1. The highest BCUT2D eigenvalue weighted by Gasteiger charge is 2.02. The predicted octanol–water partition coefficient (Wildman–Crippen LogP) is 3.78. The lowest BCUT2D eigenvalue weighted by Gasteiger charge is -2.03. The second kappa shape index (κ2) is 5.01. The molecule has 0 atom stereocenters. The lowest BCUT2D eigenvalue weighted by Crippen LogP contribution is -1.85. The van der Waals surface area contributed by atoms with E-state index in [4.69, 9.17) is 5.73 Å². The number of nitrogens with zero attached hydrogens (tertiary/aromatic N) is 1. The van der Waals surface area contributed by atoms with Crippen LogP contribution in [0.4, 0.5) is 5.69 Å². The summed E-state index contributed by atoms with van der Waals surface area (Å²) in [6.45, 7) is 0. The first-order valence-electron chi connectivity index (χ1n) is 4.32. The van der Waals surface area contributed by atoms with Gasteiger partial charge in [-0.3, -0.25) is 0 Å². The molecule has 1 aromatic carbocycles. The number of thioether (sulfide) groups is 1. The molecule has 15 heavy (non-hydrogen) atoms. The highest BCUT2D eigenvalue weighted by atomic mass is 79.9. The highest BCUT2D eigenvalue weighted by molar-refractivity contribution is 9.10. The van der Waals surface area contributed by atoms with Gasteiger partial charge in [-0.15, -0.1) is 23.1 Å². The number of nitrogen functional groups attached to an aromatic ring is 1. The largest absolute Gasteiger partial charge is 0.399 e. The minimum Gasteiger partial charge on any atom is -0.399 e. The Labute approximate surface area is 105 Å². The molecule has 0 aliphatic carbocycles. The van der Waals surface area contributed by atoms with Crippen LogP contribution in [0.25, 0.3) is 0 Å². The maximum Gasteiger partial charge on any atom is 0.103 e. The fraction of sp³-hybridized carbons (Fsp3) is 0.100. The van der Waals surface area contributed by atoms with E-state index < -0.39 is 0 Å². The van der Waals surface area contributed by atoms with Crippen LogP contribution in [0.1, 0.15) is 5.01 Å². The molecule has 5 heteroatoms. The maximum absolute atomic E-state index is 5.67. The molecule has 0 spiro atoms. The Balaban J connectivity index is 2.05. The van der Waals surface area contributed by atoms with Crippen molar-refractivity contribution >= 4 is 44.7 Å². The molecular weight excluding hydrogens is 292 g/mol. The van der Waals surface area contributed by atoms with E-state index in [0.29, 0.717) is 0 Å². The zero-order valence-electron chi connectivity index (χ0n) is 7.81. The van der Waals surface area contributed by atoms with E-state index in [0.717, 1.165) is 20.9 Å². The van der Waals surface area contributed by atoms with Crippen LogP contribution in [0.5, 0.6) is 0 Å². The third-order valence-electron chi connectivity index (χ3n) is 1.79. The Kier molecular flexibility index (Phi) is 3.66. The third-order valence-corrected chi connectivity index (χ3v) is 4.76. The molecule has 0 saturated heterocycles.